The molecule has 0 aliphatic carbocycles. The lowest BCUT2D eigenvalue weighted by Crippen LogP contribution is -1.91. The summed E-state index contributed by atoms with van der Waals surface area (Å²) >= 11 is 3.31. The molecule has 84 valence electrons. The van der Waals surface area contributed by atoms with Crippen LogP contribution < -0.4 is 5.73 Å². The van der Waals surface area contributed by atoms with Crippen LogP contribution in [0, 0.1) is 0 Å². The maximum absolute atomic E-state index is 5.67. The Morgan fingerprint density at radius 2 is 2.12 bits per heavy atom. The van der Waals surface area contributed by atoms with Crippen molar-refractivity contribution in [2.75, 3.05) is 5.73 Å². The molecule has 3 aromatic rings. The van der Waals surface area contributed by atoms with Crippen molar-refractivity contribution in [1.82, 2.24) is 19.9 Å². The first-order valence-electron chi connectivity index (χ1n) is 4.96. The number of hydrogen-bond acceptors (Lipinski definition) is 4. The number of nitrogens with one attached hydrogen (secondary N) is 1. The molecule has 0 spiro atoms. The summed E-state index contributed by atoms with van der Waals surface area (Å²) in [7, 11) is 0. The van der Waals surface area contributed by atoms with Gasteiger partial charge in [-0.25, -0.2) is 15.0 Å². The molecule has 0 unspecified atom stereocenters. The zero-order valence-corrected chi connectivity index (χ0v) is 10.3. The topological polar surface area (TPSA) is 80.5 Å². The van der Waals surface area contributed by atoms with Crippen LogP contribution in [-0.2, 0) is 0 Å². The number of aromatic amines is 1. The van der Waals surface area contributed by atoms with Gasteiger partial charge in [0, 0.05) is 11.8 Å². The van der Waals surface area contributed by atoms with Crippen LogP contribution in [-0.4, -0.2) is 19.9 Å². The molecule has 0 atom stereocenters. The third kappa shape index (κ3) is 1.76. The van der Waals surface area contributed by atoms with Crippen LogP contribution >= 0.6 is 15.9 Å². The molecule has 3 N–H and O–H groups in total. The largest absolute Gasteiger partial charge is 0.384 e. The van der Waals surface area contributed by atoms with Crippen LogP contribution in [0.15, 0.2) is 35.2 Å². The van der Waals surface area contributed by atoms with Crippen molar-refractivity contribution < 1.29 is 0 Å². The minimum atomic E-state index is 0.486. The second kappa shape index (κ2) is 3.81. The van der Waals surface area contributed by atoms with E-state index < -0.39 is 0 Å². The van der Waals surface area contributed by atoms with Gasteiger partial charge in [0.05, 0.1) is 11.9 Å². The summed E-state index contributed by atoms with van der Waals surface area (Å²) in [5.74, 6) is 0.486. The zero-order chi connectivity index (χ0) is 11.8. The van der Waals surface area contributed by atoms with Gasteiger partial charge >= 0.3 is 0 Å². The summed E-state index contributed by atoms with van der Waals surface area (Å²) in [6.07, 6.45) is 3.48. The molecule has 0 fully saturated rings. The number of hydrogen-bond donors (Lipinski definition) is 2. The van der Waals surface area contributed by atoms with Gasteiger partial charge in [0.1, 0.15) is 15.9 Å². The quantitative estimate of drug-likeness (QED) is 0.721. The molecular formula is C11H8BrN5. The van der Waals surface area contributed by atoms with Crippen molar-refractivity contribution in [3.05, 3.63) is 35.2 Å². The van der Waals surface area contributed by atoms with Crippen LogP contribution in [0.4, 0.5) is 5.82 Å². The molecule has 0 amide bonds. The fourth-order valence-corrected chi connectivity index (χ4v) is 1.95. The lowest BCUT2D eigenvalue weighted by molar-refractivity contribution is 1.23. The number of nitrogens with two attached hydrogens (primary N) is 1. The highest BCUT2D eigenvalue weighted by Crippen LogP contribution is 2.26. The van der Waals surface area contributed by atoms with Gasteiger partial charge in [-0.05, 0) is 28.1 Å². The van der Waals surface area contributed by atoms with Gasteiger partial charge in [0.15, 0.2) is 5.65 Å². The molecule has 3 heterocycles. The van der Waals surface area contributed by atoms with Gasteiger partial charge in [-0.1, -0.05) is 6.07 Å². The Labute approximate surface area is 105 Å². The third-order valence-corrected chi connectivity index (χ3v) is 2.78. The second-order valence-corrected chi connectivity index (χ2v) is 4.35. The van der Waals surface area contributed by atoms with Crippen molar-refractivity contribution >= 4 is 32.9 Å². The van der Waals surface area contributed by atoms with Crippen molar-refractivity contribution in [1.29, 1.82) is 0 Å². The van der Waals surface area contributed by atoms with E-state index in [0.29, 0.717) is 10.4 Å². The molecular weight excluding hydrogens is 282 g/mol. The Kier molecular flexibility index (Phi) is 2.29. The number of pyridine rings is 1. The number of aromatic nitrogens is 4. The Morgan fingerprint density at radius 1 is 1.24 bits per heavy atom. The van der Waals surface area contributed by atoms with Crippen molar-refractivity contribution in [3.8, 4) is 11.3 Å². The van der Waals surface area contributed by atoms with Crippen LogP contribution in [0.2, 0.25) is 0 Å². The fraction of sp³-hybridized carbons (Fsp3) is 0. The minimum Gasteiger partial charge on any atom is -0.384 e. The van der Waals surface area contributed by atoms with E-state index in [1.54, 1.807) is 12.3 Å². The second-order valence-electron chi connectivity index (χ2n) is 3.54. The number of halogens is 1. The fourth-order valence-electron chi connectivity index (χ4n) is 1.67. The normalized spacial score (nSPS) is 10.9. The van der Waals surface area contributed by atoms with E-state index >= 15 is 0 Å². The average molecular weight is 290 g/mol. The zero-order valence-electron chi connectivity index (χ0n) is 8.68. The molecule has 3 aromatic heterocycles. The van der Waals surface area contributed by atoms with Crippen LogP contribution in [0.25, 0.3) is 22.4 Å². The molecule has 3 rings (SSSR count). The SMILES string of the molecule is Nc1cccc(-c2c[nH]c3ncc(Br)nc23)n1. The average Bonchev–Trinajstić information content (AvgIpc) is 2.71. The lowest BCUT2D eigenvalue weighted by Gasteiger charge is -1.99. The molecule has 0 radical (unpaired) electrons. The van der Waals surface area contributed by atoms with Crippen LogP contribution in [0.1, 0.15) is 0 Å². The lowest BCUT2D eigenvalue weighted by atomic mass is 10.2. The first kappa shape index (κ1) is 10.2. The standard InChI is InChI=1S/C11H8BrN5/c12-8-5-15-11-10(17-8)6(4-14-11)7-2-1-3-9(13)16-7/h1-5H,(H2,13,16)(H,14,15). The van der Waals surface area contributed by atoms with E-state index in [4.69, 9.17) is 5.73 Å². The number of nitrogens with zero attached hydrogens (tertiary/aromatic N) is 3. The summed E-state index contributed by atoms with van der Waals surface area (Å²) in [4.78, 5) is 15.9. The predicted molar refractivity (Wildman–Crippen MR) is 69.2 cm³/mol. The van der Waals surface area contributed by atoms with Gasteiger partial charge in [0.2, 0.25) is 0 Å². The summed E-state index contributed by atoms with van der Waals surface area (Å²) in [5, 5.41) is 0. The van der Waals surface area contributed by atoms with Crippen molar-refractivity contribution in [2.24, 2.45) is 0 Å². The predicted octanol–water partition coefficient (Wildman–Crippen LogP) is 2.36. The highest BCUT2D eigenvalue weighted by Gasteiger charge is 2.10. The Morgan fingerprint density at radius 3 is 2.94 bits per heavy atom. The first-order valence-corrected chi connectivity index (χ1v) is 5.76. The molecule has 6 heteroatoms. The highest BCUT2D eigenvalue weighted by molar-refractivity contribution is 9.10. The van der Waals surface area contributed by atoms with Crippen LogP contribution in [0.5, 0.6) is 0 Å². The number of fused-ring (bicyclic) bond motifs is 1. The summed E-state index contributed by atoms with van der Waals surface area (Å²) in [6.45, 7) is 0. The monoisotopic (exact) mass is 289 g/mol. The molecule has 17 heavy (non-hydrogen) atoms. The van der Waals surface area contributed by atoms with E-state index in [2.05, 4.69) is 35.9 Å². The summed E-state index contributed by atoms with van der Waals surface area (Å²) in [6, 6.07) is 5.50. The highest BCUT2D eigenvalue weighted by atomic mass is 79.9. The van der Waals surface area contributed by atoms with Gasteiger partial charge < -0.3 is 10.7 Å². The van der Waals surface area contributed by atoms with E-state index in [1.165, 1.54) is 0 Å². The maximum atomic E-state index is 5.67. The van der Waals surface area contributed by atoms with Crippen molar-refractivity contribution in [2.45, 2.75) is 0 Å². The molecule has 0 aliphatic rings. The van der Waals surface area contributed by atoms with E-state index in [1.807, 2.05) is 18.3 Å². The Balaban J connectivity index is 2.27. The number of rotatable bonds is 1. The van der Waals surface area contributed by atoms with Crippen LogP contribution in [0.3, 0.4) is 0 Å². The van der Waals surface area contributed by atoms with Gasteiger partial charge in [-0.3, -0.25) is 0 Å². The number of H-pyrrole nitrogens is 1. The molecule has 0 bridgehead atoms. The van der Waals surface area contributed by atoms with Gasteiger partial charge in [-0.15, -0.1) is 0 Å². The molecule has 5 nitrogen and oxygen atoms in total. The van der Waals surface area contributed by atoms with E-state index in [9.17, 15) is 0 Å². The molecule has 0 saturated carbocycles. The smallest absolute Gasteiger partial charge is 0.156 e. The maximum Gasteiger partial charge on any atom is 0.156 e. The third-order valence-electron chi connectivity index (χ3n) is 2.40. The summed E-state index contributed by atoms with van der Waals surface area (Å²) in [5.41, 5.74) is 8.85. The van der Waals surface area contributed by atoms with Gasteiger partial charge in [-0.2, -0.15) is 0 Å². The Bertz CT molecular complexity index is 691. The van der Waals surface area contributed by atoms with Crippen molar-refractivity contribution in [3.63, 3.8) is 0 Å². The first-order chi connectivity index (χ1) is 8.24. The Hall–Kier alpha value is -1.95. The molecule has 0 aliphatic heterocycles. The molecule has 0 saturated heterocycles. The number of nitrogen functional groups attached to an aromatic ring is 1. The summed E-state index contributed by atoms with van der Waals surface area (Å²) < 4.78 is 0.690. The van der Waals surface area contributed by atoms with E-state index in [-0.39, 0.29) is 0 Å². The van der Waals surface area contributed by atoms with Gasteiger partial charge in [0.25, 0.3) is 0 Å². The number of anilines is 1. The minimum absolute atomic E-state index is 0.486. The van der Waals surface area contributed by atoms with E-state index in [0.717, 1.165) is 22.4 Å². The molecule has 0 aromatic carbocycles.